The number of amides is 1. The zero-order valence-corrected chi connectivity index (χ0v) is 12.5. The molecule has 2 atom stereocenters. The van der Waals surface area contributed by atoms with Crippen molar-refractivity contribution in [3.8, 4) is 0 Å². The van der Waals surface area contributed by atoms with E-state index in [1.807, 2.05) is 51.8 Å². The zero-order chi connectivity index (χ0) is 14.5. The van der Waals surface area contributed by atoms with Crippen molar-refractivity contribution in [3.63, 3.8) is 0 Å². The lowest BCUT2D eigenvalue weighted by Crippen LogP contribution is -2.42. The highest BCUT2D eigenvalue weighted by Crippen LogP contribution is 2.18. The Labute approximate surface area is 111 Å². The minimum absolute atomic E-state index is 0.0310. The average Bonchev–Trinajstić information content (AvgIpc) is 2.24. The van der Waals surface area contributed by atoms with Crippen LogP contribution < -0.4 is 11.5 Å². The summed E-state index contributed by atoms with van der Waals surface area (Å²) in [6, 6.07) is 0.0120. The molecule has 106 valence electrons. The lowest BCUT2D eigenvalue weighted by Gasteiger charge is -2.30. The number of nitrogens with two attached hydrogens (primary N) is 2. The van der Waals surface area contributed by atoms with E-state index < -0.39 is 5.91 Å². The summed E-state index contributed by atoms with van der Waals surface area (Å²) in [5.74, 6) is -0.423. The van der Waals surface area contributed by atoms with Gasteiger partial charge in [-0.1, -0.05) is 13.8 Å². The summed E-state index contributed by atoms with van der Waals surface area (Å²) in [5.41, 5.74) is 12.9. The van der Waals surface area contributed by atoms with Gasteiger partial charge in [-0.25, -0.2) is 0 Å². The Hall–Kier alpha value is -1.07. The summed E-state index contributed by atoms with van der Waals surface area (Å²) < 4.78 is 0. The number of rotatable bonds is 7. The quantitative estimate of drug-likeness (QED) is 0.645. The molecule has 4 N–H and O–H groups in total. The lowest BCUT2D eigenvalue weighted by atomic mass is 9.96. The fraction of sp³-hybridized carbons (Fsp3) is 0.769. The Morgan fingerprint density at radius 3 is 1.56 bits per heavy atom. The van der Waals surface area contributed by atoms with Crippen molar-refractivity contribution in [2.45, 2.75) is 38.8 Å². The molecule has 0 aromatic rings. The van der Waals surface area contributed by atoms with Crippen LogP contribution in [0.5, 0.6) is 0 Å². The highest BCUT2D eigenvalue weighted by Gasteiger charge is 2.26. The fourth-order valence-corrected chi connectivity index (χ4v) is 2.37. The molecule has 5 nitrogen and oxygen atoms in total. The molecule has 0 saturated heterocycles. The lowest BCUT2D eigenvalue weighted by molar-refractivity contribution is -0.115. The van der Waals surface area contributed by atoms with Gasteiger partial charge in [0.1, 0.15) is 0 Å². The second-order valence-electron chi connectivity index (χ2n) is 5.01. The Morgan fingerprint density at radius 1 is 0.944 bits per heavy atom. The summed E-state index contributed by atoms with van der Waals surface area (Å²) in [6.07, 6.45) is 1.65. The van der Waals surface area contributed by atoms with E-state index in [-0.39, 0.29) is 12.1 Å². The van der Waals surface area contributed by atoms with Gasteiger partial charge in [-0.05, 0) is 41.0 Å². The van der Waals surface area contributed by atoms with Crippen molar-refractivity contribution in [3.05, 3.63) is 11.3 Å². The van der Waals surface area contributed by atoms with Gasteiger partial charge in [-0.15, -0.1) is 0 Å². The van der Waals surface area contributed by atoms with Gasteiger partial charge in [-0.2, -0.15) is 0 Å². The molecular formula is C13H28N4O. The molecule has 2 unspecified atom stereocenters. The second kappa shape index (κ2) is 7.38. The average molecular weight is 256 g/mol. The van der Waals surface area contributed by atoms with E-state index in [0.717, 1.165) is 12.8 Å². The maximum Gasteiger partial charge on any atom is 0.248 e. The third-order valence-corrected chi connectivity index (χ3v) is 3.29. The van der Waals surface area contributed by atoms with Crippen LogP contribution in [0.25, 0.3) is 0 Å². The summed E-state index contributed by atoms with van der Waals surface area (Å²) in [4.78, 5) is 15.7. The minimum atomic E-state index is -0.423. The van der Waals surface area contributed by atoms with Crippen molar-refractivity contribution in [1.82, 2.24) is 9.80 Å². The smallest absolute Gasteiger partial charge is 0.248 e. The van der Waals surface area contributed by atoms with Crippen LogP contribution in [-0.2, 0) is 4.79 Å². The summed E-state index contributed by atoms with van der Waals surface area (Å²) in [6.45, 7) is 4.07. The van der Waals surface area contributed by atoms with Crippen LogP contribution in [0, 0.1) is 0 Å². The second-order valence-corrected chi connectivity index (χ2v) is 5.01. The fourth-order valence-electron chi connectivity index (χ4n) is 2.37. The number of hydrogen-bond acceptors (Lipinski definition) is 4. The first-order valence-electron chi connectivity index (χ1n) is 6.39. The zero-order valence-electron chi connectivity index (χ0n) is 12.5. The molecule has 0 spiro atoms. The molecular weight excluding hydrogens is 228 g/mol. The highest BCUT2D eigenvalue weighted by molar-refractivity contribution is 5.94. The Morgan fingerprint density at radius 2 is 1.33 bits per heavy atom. The van der Waals surface area contributed by atoms with E-state index in [0.29, 0.717) is 11.3 Å². The Balaban J connectivity index is 5.61. The SMILES string of the molecule is CCC(/C(N)=C(/C(N)=O)C(CC)N(C)C)N(C)C. The Bertz CT molecular complexity index is 310. The first-order chi connectivity index (χ1) is 8.27. The maximum absolute atomic E-state index is 11.7. The van der Waals surface area contributed by atoms with Crippen molar-refractivity contribution < 1.29 is 4.79 Å². The van der Waals surface area contributed by atoms with Crippen LogP contribution in [0.3, 0.4) is 0 Å². The number of carbonyl (C=O) groups is 1. The molecule has 1 amide bonds. The molecule has 0 fully saturated rings. The third-order valence-electron chi connectivity index (χ3n) is 3.29. The normalized spacial score (nSPS) is 16.7. The molecule has 0 aliphatic rings. The van der Waals surface area contributed by atoms with E-state index in [2.05, 4.69) is 0 Å². The topological polar surface area (TPSA) is 75.6 Å². The molecule has 0 bridgehead atoms. The predicted molar refractivity (Wildman–Crippen MR) is 75.9 cm³/mol. The first kappa shape index (κ1) is 16.9. The highest BCUT2D eigenvalue weighted by atomic mass is 16.1. The van der Waals surface area contributed by atoms with Crippen molar-refractivity contribution in [2.24, 2.45) is 11.5 Å². The molecule has 5 heteroatoms. The van der Waals surface area contributed by atoms with Gasteiger partial charge < -0.3 is 21.3 Å². The van der Waals surface area contributed by atoms with Crippen LogP contribution in [0.2, 0.25) is 0 Å². The van der Waals surface area contributed by atoms with Crippen LogP contribution in [0.1, 0.15) is 26.7 Å². The molecule has 0 aromatic carbocycles. The van der Waals surface area contributed by atoms with Gasteiger partial charge in [0.05, 0.1) is 5.57 Å². The monoisotopic (exact) mass is 256 g/mol. The van der Waals surface area contributed by atoms with E-state index in [1.165, 1.54) is 0 Å². The Kier molecular flexibility index (Phi) is 6.94. The van der Waals surface area contributed by atoms with Crippen LogP contribution in [0.15, 0.2) is 11.3 Å². The van der Waals surface area contributed by atoms with E-state index in [1.54, 1.807) is 0 Å². The maximum atomic E-state index is 11.7. The van der Waals surface area contributed by atoms with Crippen LogP contribution in [-0.4, -0.2) is 56.0 Å². The van der Waals surface area contributed by atoms with Gasteiger partial charge in [0.2, 0.25) is 5.91 Å². The third kappa shape index (κ3) is 3.99. The standard InChI is InChI=1S/C13H28N4O/c1-7-9(16(3)4)11(13(15)18)12(14)10(8-2)17(5)6/h9-10H,7-8,14H2,1-6H3,(H2,15,18)/b12-11-. The molecule has 0 saturated carbocycles. The summed E-state index contributed by atoms with van der Waals surface area (Å²) in [5, 5.41) is 0. The van der Waals surface area contributed by atoms with E-state index in [9.17, 15) is 4.79 Å². The molecule has 18 heavy (non-hydrogen) atoms. The van der Waals surface area contributed by atoms with Gasteiger partial charge in [-0.3, -0.25) is 4.79 Å². The summed E-state index contributed by atoms with van der Waals surface area (Å²) in [7, 11) is 7.77. The van der Waals surface area contributed by atoms with Gasteiger partial charge in [0.25, 0.3) is 0 Å². The van der Waals surface area contributed by atoms with Crippen molar-refractivity contribution in [1.29, 1.82) is 0 Å². The number of carbonyl (C=O) groups excluding carboxylic acids is 1. The minimum Gasteiger partial charge on any atom is -0.400 e. The number of primary amides is 1. The largest absolute Gasteiger partial charge is 0.400 e. The molecule has 0 radical (unpaired) electrons. The van der Waals surface area contributed by atoms with Gasteiger partial charge >= 0.3 is 0 Å². The molecule has 0 heterocycles. The van der Waals surface area contributed by atoms with E-state index in [4.69, 9.17) is 11.5 Å². The number of nitrogens with zero attached hydrogens (tertiary/aromatic N) is 2. The first-order valence-corrected chi connectivity index (χ1v) is 6.39. The number of likely N-dealkylation sites (N-methyl/N-ethyl adjacent to an activating group) is 2. The molecule has 0 aliphatic heterocycles. The number of hydrogen-bond donors (Lipinski definition) is 2. The van der Waals surface area contributed by atoms with Crippen LogP contribution >= 0.6 is 0 Å². The van der Waals surface area contributed by atoms with Gasteiger partial charge in [0.15, 0.2) is 0 Å². The van der Waals surface area contributed by atoms with Crippen LogP contribution in [0.4, 0.5) is 0 Å². The molecule has 0 aliphatic carbocycles. The van der Waals surface area contributed by atoms with Crippen molar-refractivity contribution >= 4 is 5.91 Å². The molecule has 0 aromatic heterocycles. The van der Waals surface area contributed by atoms with Gasteiger partial charge in [0, 0.05) is 17.8 Å². The summed E-state index contributed by atoms with van der Waals surface area (Å²) >= 11 is 0. The predicted octanol–water partition coefficient (Wildman–Crippen LogP) is 0.365. The van der Waals surface area contributed by atoms with E-state index >= 15 is 0 Å². The molecule has 0 rings (SSSR count). The van der Waals surface area contributed by atoms with Crippen molar-refractivity contribution in [2.75, 3.05) is 28.2 Å².